The van der Waals surface area contributed by atoms with Crippen LogP contribution < -0.4 is 4.74 Å². The molecule has 202 valence electrons. The highest BCUT2D eigenvalue weighted by Gasteiger charge is 2.49. The van der Waals surface area contributed by atoms with Gasteiger partial charge in [-0.2, -0.15) is 0 Å². The van der Waals surface area contributed by atoms with E-state index < -0.39 is 60.1 Å². The molecule has 2 aromatic carbocycles. The molecule has 38 heavy (non-hydrogen) atoms. The van der Waals surface area contributed by atoms with Gasteiger partial charge in [-0.15, -0.1) is 0 Å². The van der Waals surface area contributed by atoms with Crippen molar-refractivity contribution in [2.75, 3.05) is 0 Å². The van der Waals surface area contributed by atoms with Crippen LogP contribution in [0.5, 0.6) is 17.2 Å². The molecule has 1 fully saturated rings. The maximum atomic E-state index is 13.3. The summed E-state index contributed by atoms with van der Waals surface area (Å²) >= 11 is 0. The number of aliphatic hydroxyl groups is 1. The molecule has 1 unspecified atom stereocenters. The number of benzene rings is 2. The molecular formula is C27H28O11. The average Bonchev–Trinajstić information content (AvgIpc) is 2.78. The van der Waals surface area contributed by atoms with Gasteiger partial charge in [0.25, 0.3) is 0 Å². The van der Waals surface area contributed by atoms with Gasteiger partial charge in [0, 0.05) is 19.9 Å². The van der Waals surface area contributed by atoms with Gasteiger partial charge >= 0.3 is 11.9 Å². The van der Waals surface area contributed by atoms with Crippen LogP contribution in [0.3, 0.4) is 0 Å². The number of ether oxygens (including phenoxy) is 4. The van der Waals surface area contributed by atoms with E-state index in [0.717, 1.165) is 19.9 Å². The highest BCUT2D eigenvalue weighted by atomic mass is 16.7. The van der Waals surface area contributed by atoms with E-state index in [4.69, 9.17) is 18.9 Å². The van der Waals surface area contributed by atoms with Gasteiger partial charge in [0.15, 0.2) is 6.10 Å². The van der Waals surface area contributed by atoms with E-state index >= 15 is 0 Å². The topological polar surface area (TPSA) is 166 Å². The summed E-state index contributed by atoms with van der Waals surface area (Å²) in [7, 11) is 0. The Morgan fingerprint density at radius 2 is 1.42 bits per heavy atom. The largest absolute Gasteiger partial charge is 0.507 e. The number of aromatic hydroxyl groups is 2. The number of carbonyl (C=O) groups is 4. The first-order chi connectivity index (χ1) is 17.8. The molecule has 1 saturated heterocycles. The molecule has 0 amide bonds. The molecule has 11 nitrogen and oxygen atoms in total. The molecule has 1 heterocycles. The Kier molecular flexibility index (Phi) is 7.18. The third-order valence-electron chi connectivity index (χ3n) is 6.51. The van der Waals surface area contributed by atoms with Gasteiger partial charge in [0.05, 0.1) is 23.1 Å². The third kappa shape index (κ3) is 4.82. The van der Waals surface area contributed by atoms with Crippen LogP contribution in [0.25, 0.3) is 0 Å². The monoisotopic (exact) mass is 528 g/mol. The summed E-state index contributed by atoms with van der Waals surface area (Å²) < 4.78 is 22.1. The van der Waals surface area contributed by atoms with Crippen LogP contribution in [0, 0.1) is 6.92 Å². The number of aliphatic hydroxyl groups excluding tert-OH is 1. The maximum absolute atomic E-state index is 13.3. The minimum Gasteiger partial charge on any atom is -0.507 e. The predicted molar refractivity (Wildman–Crippen MR) is 129 cm³/mol. The van der Waals surface area contributed by atoms with Crippen molar-refractivity contribution in [3.05, 3.63) is 52.1 Å². The lowest BCUT2D eigenvalue weighted by atomic mass is 9.74. The van der Waals surface area contributed by atoms with E-state index in [1.54, 1.807) is 13.0 Å². The second-order valence-corrected chi connectivity index (χ2v) is 9.49. The molecule has 0 aromatic heterocycles. The number of aryl methyl sites for hydroxylation is 1. The number of fused-ring (bicyclic) bond motifs is 2. The summed E-state index contributed by atoms with van der Waals surface area (Å²) in [6.07, 6.45) is -6.35. The van der Waals surface area contributed by atoms with E-state index in [9.17, 15) is 34.5 Å². The molecule has 2 aliphatic rings. The van der Waals surface area contributed by atoms with Gasteiger partial charge in [-0.25, -0.2) is 0 Å². The SMILES string of the molecule is CC(=O)O[C@H]1[C@H](Oc2cc(O)c3c(c2)C(C(C)=O)c2cc(C)cc(O)c2C3=O)O[C@@H](C)[C@@H](O)[C@@H]1OC(C)=O. The first-order valence-electron chi connectivity index (χ1n) is 11.9. The van der Waals surface area contributed by atoms with Crippen LogP contribution in [0.1, 0.15) is 66.2 Å². The molecule has 0 bridgehead atoms. The highest BCUT2D eigenvalue weighted by molar-refractivity contribution is 6.18. The Bertz CT molecular complexity index is 1330. The van der Waals surface area contributed by atoms with E-state index in [1.807, 2.05) is 0 Å². The zero-order chi connectivity index (χ0) is 28.0. The van der Waals surface area contributed by atoms with Gasteiger partial charge in [0.1, 0.15) is 29.1 Å². The van der Waals surface area contributed by atoms with Gasteiger partial charge in [-0.3, -0.25) is 19.2 Å². The molecular weight excluding hydrogens is 500 g/mol. The standard InChI is InChI=1S/C27H28O11/c1-10-6-16-20(11(2)28)17-8-15(9-19(32)22(17)24(34)21(16)18(31)7-10)38-27-26(37-14(5)30)25(36-13(4)29)23(33)12(3)35-27/h6-9,12,20,23,25-27,31-33H,1-5H3/t12-,20?,23+,25-,26+,27-/m0/s1. The fourth-order valence-electron chi connectivity index (χ4n) is 5.02. The number of carbonyl (C=O) groups excluding carboxylic acids is 4. The van der Waals surface area contributed by atoms with Crippen molar-refractivity contribution >= 4 is 23.5 Å². The van der Waals surface area contributed by atoms with Crippen molar-refractivity contribution in [2.24, 2.45) is 0 Å². The van der Waals surface area contributed by atoms with E-state index in [-0.39, 0.29) is 34.0 Å². The number of Topliss-reactive ketones (excluding diaryl/α,β-unsaturated/α-hetero) is 1. The van der Waals surface area contributed by atoms with Crippen LogP contribution >= 0.6 is 0 Å². The Balaban J connectivity index is 1.79. The summed E-state index contributed by atoms with van der Waals surface area (Å²) in [5.74, 6) is -4.35. The van der Waals surface area contributed by atoms with Crippen LogP contribution in [-0.4, -0.2) is 69.5 Å². The van der Waals surface area contributed by atoms with Crippen LogP contribution in [-0.2, 0) is 28.6 Å². The Morgan fingerprint density at radius 3 is 2.00 bits per heavy atom. The van der Waals surface area contributed by atoms with Gasteiger partial charge in [0.2, 0.25) is 18.2 Å². The first kappa shape index (κ1) is 27.1. The van der Waals surface area contributed by atoms with Gasteiger partial charge in [-0.05, 0) is 49.6 Å². The summed E-state index contributed by atoms with van der Waals surface area (Å²) in [5.41, 5.74) is 0.850. The Hall–Kier alpha value is -3.96. The van der Waals surface area contributed by atoms with Crippen LogP contribution in [0.2, 0.25) is 0 Å². The molecule has 0 spiro atoms. The average molecular weight is 529 g/mol. The Morgan fingerprint density at radius 1 is 0.868 bits per heavy atom. The summed E-state index contributed by atoms with van der Waals surface area (Å²) in [6, 6.07) is 5.53. The first-order valence-corrected chi connectivity index (χ1v) is 11.9. The van der Waals surface area contributed by atoms with Crippen molar-refractivity contribution in [3.8, 4) is 17.2 Å². The number of ketones is 2. The number of phenols is 2. The second kappa shape index (κ2) is 10.1. The molecule has 0 radical (unpaired) electrons. The van der Waals surface area contributed by atoms with Gasteiger partial charge in [-0.1, -0.05) is 6.07 Å². The number of phenolic OH excluding ortho intramolecular Hbond substituents is 2. The van der Waals surface area contributed by atoms with E-state index in [1.165, 1.54) is 26.0 Å². The van der Waals surface area contributed by atoms with Crippen molar-refractivity contribution in [2.45, 2.75) is 71.2 Å². The second-order valence-electron chi connectivity index (χ2n) is 9.49. The molecule has 1 aliphatic heterocycles. The zero-order valence-corrected chi connectivity index (χ0v) is 21.4. The molecule has 6 atom stereocenters. The van der Waals surface area contributed by atoms with E-state index in [2.05, 4.69) is 0 Å². The van der Waals surface area contributed by atoms with Crippen LogP contribution in [0.4, 0.5) is 0 Å². The fraction of sp³-hybridized carbons (Fsp3) is 0.407. The molecule has 2 aromatic rings. The summed E-state index contributed by atoms with van der Waals surface area (Å²) in [4.78, 5) is 49.6. The van der Waals surface area contributed by atoms with Crippen LogP contribution in [0.15, 0.2) is 24.3 Å². The van der Waals surface area contributed by atoms with Gasteiger partial charge < -0.3 is 34.3 Å². The minimum absolute atomic E-state index is 0.0482. The molecule has 4 rings (SSSR count). The van der Waals surface area contributed by atoms with Crippen molar-refractivity contribution in [1.29, 1.82) is 0 Å². The Labute approximate surface area is 217 Å². The number of hydrogen-bond donors (Lipinski definition) is 3. The lowest BCUT2D eigenvalue weighted by Gasteiger charge is -2.42. The summed E-state index contributed by atoms with van der Waals surface area (Å²) in [5, 5.41) is 31.9. The predicted octanol–water partition coefficient (Wildman–Crippen LogP) is 2.02. The fourth-order valence-corrected chi connectivity index (χ4v) is 5.02. The number of rotatable bonds is 5. The van der Waals surface area contributed by atoms with Crippen molar-refractivity contribution in [1.82, 2.24) is 0 Å². The molecule has 0 saturated carbocycles. The zero-order valence-electron chi connectivity index (χ0n) is 21.4. The molecule has 3 N–H and O–H groups in total. The minimum atomic E-state index is -1.40. The summed E-state index contributed by atoms with van der Waals surface area (Å²) in [6.45, 7) is 6.78. The smallest absolute Gasteiger partial charge is 0.303 e. The van der Waals surface area contributed by atoms with E-state index in [0.29, 0.717) is 11.1 Å². The lowest BCUT2D eigenvalue weighted by molar-refractivity contribution is -0.277. The van der Waals surface area contributed by atoms with Crippen molar-refractivity contribution < 1.29 is 53.4 Å². The quantitative estimate of drug-likeness (QED) is 0.486. The van der Waals surface area contributed by atoms with Crippen molar-refractivity contribution in [3.63, 3.8) is 0 Å². The molecule has 1 aliphatic carbocycles. The highest BCUT2D eigenvalue weighted by Crippen LogP contribution is 2.46. The number of esters is 2. The number of hydrogen-bond acceptors (Lipinski definition) is 11. The normalized spacial score (nSPS) is 26.1. The third-order valence-corrected chi connectivity index (χ3v) is 6.51. The lowest BCUT2D eigenvalue weighted by Crippen LogP contribution is -2.60. The maximum Gasteiger partial charge on any atom is 0.303 e. The molecule has 11 heteroatoms.